The van der Waals surface area contributed by atoms with Gasteiger partial charge in [-0.1, -0.05) is 30.3 Å². The van der Waals surface area contributed by atoms with Gasteiger partial charge < -0.3 is 28.4 Å². The minimum atomic E-state index is -0.467. The van der Waals surface area contributed by atoms with E-state index in [4.69, 9.17) is 28.4 Å². The normalized spacial score (nSPS) is 23.2. The summed E-state index contributed by atoms with van der Waals surface area (Å²) in [6, 6.07) is 9.87. The van der Waals surface area contributed by atoms with Crippen LogP contribution in [0.2, 0.25) is 0 Å². The molecule has 1 aliphatic heterocycles. The minimum Gasteiger partial charge on any atom is -0.463 e. The Bertz CT molecular complexity index is 546. The van der Waals surface area contributed by atoms with Gasteiger partial charge in [0.05, 0.1) is 19.8 Å². The highest BCUT2D eigenvalue weighted by Crippen LogP contribution is 2.20. The predicted molar refractivity (Wildman–Crippen MR) is 93.2 cm³/mol. The van der Waals surface area contributed by atoms with Crippen LogP contribution in [0.4, 0.5) is 0 Å². The smallest absolute Gasteiger partial charge is 0.330 e. The Kier molecular flexibility index (Phi) is 9.30. The zero-order valence-corrected chi connectivity index (χ0v) is 15.2. The minimum absolute atomic E-state index is 0.0797. The average molecular weight is 366 g/mol. The summed E-state index contributed by atoms with van der Waals surface area (Å²) in [5.41, 5.74) is 1.08. The monoisotopic (exact) mass is 366 g/mol. The summed E-state index contributed by atoms with van der Waals surface area (Å²) in [4.78, 5) is 11.5. The average Bonchev–Trinajstić information content (AvgIpc) is 2.66. The summed E-state index contributed by atoms with van der Waals surface area (Å²) in [7, 11) is 1.54. The van der Waals surface area contributed by atoms with Crippen LogP contribution in [-0.4, -0.2) is 58.2 Å². The van der Waals surface area contributed by atoms with E-state index >= 15 is 0 Å². The Labute approximate surface area is 153 Å². The Morgan fingerprint density at radius 2 is 2.08 bits per heavy atom. The molecule has 144 valence electrons. The lowest BCUT2D eigenvalue weighted by Gasteiger charge is -2.36. The molecule has 1 heterocycles. The fourth-order valence-electron chi connectivity index (χ4n) is 2.49. The van der Waals surface area contributed by atoms with Crippen molar-refractivity contribution in [2.75, 3.05) is 33.9 Å². The Morgan fingerprint density at radius 1 is 1.27 bits per heavy atom. The Morgan fingerprint density at radius 3 is 2.81 bits per heavy atom. The molecule has 0 N–H and O–H groups in total. The molecule has 1 aliphatic rings. The highest BCUT2D eigenvalue weighted by molar-refractivity contribution is 5.81. The molecule has 1 fully saturated rings. The van der Waals surface area contributed by atoms with Gasteiger partial charge in [-0.15, -0.1) is 0 Å². The van der Waals surface area contributed by atoms with Gasteiger partial charge in [-0.25, -0.2) is 4.79 Å². The molecular weight excluding hydrogens is 340 g/mol. The lowest BCUT2D eigenvalue weighted by molar-refractivity contribution is -0.256. The van der Waals surface area contributed by atoms with Crippen molar-refractivity contribution in [1.82, 2.24) is 0 Å². The molecule has 1 aromatic carbocycles. The van der Waals surface area contributed by atoms with Crippen LogP contribution in [0.25, 0.3) is 0 Å². The lowest BCUT2D eigenvalue weighted by atomic mass is 10.1. The van der Waals surface area contributed by atoms with Crippen molar-refractivity contribution in [2.24, 2.45) is 0 Å². The van der Waals surface area contributed by atoms with Gasteiger partial charge in [0, 0.05) is 13.2 Å². The van der Waals surface area contributed by atoms with Crippen molar-refractivity contribution >= 4 is 5.97 Å². The van der Waals surface area contributed by atoms with E-state index in [2.05, 4.69) is 0 Å². The summed E-state index contributed by atoms with van der Waals surface area (Å²) < 4.78 is 32.5. The Balaban J connectivity index is 1.92. The summed E-state index contributed by atoms with van der Waals surface area (Å²) in [6.45, 7) is 3.04. The number of benzene rings is 1. The van der Waals surface area contributed by atoms with Gasteiger partial charge in [0.2, 0.25) is 0 Å². The maximum absolute atomic E-state index is 11.5. The summed E-state index contributed by atoms with van der Waals surface area (Å²) in [5, 5.41) is 0. The predicted octanol–water partition coefficient (Wildman–Crippen LogP) is 2.05. The van der Waals surface area contributed by atoms with Crippen LogP contribution in [0.3, 0.4) is 0 Å². The van der Waals surface area contributed by atoms with Crippen LogP contribution in [0.15, 0.2) is 42.5 Å². The first-order valence-corrected chi connectivity index (χ1v) is 8.55. The largest absolute Gasteiger partial charge is 0.463 e. The van der Waals surface area contributed by atoms with Crippen LogP contribution in [0.5, 0.6) is 0 Å². The van der Waals surface area contributed by atoms with Gasteiger partial charge in [-0.05, 0) is 18.6 Å². The van der Waals surface area contributed by atoms with E-state index in [0.717, 1.165) is 5.56 Å². The molecule has 0 saturated carbocycles. The summed E-state index contributed by atoms with van der Waals surface area (Å²) in [5.74, 6) is -0.426. The molecule has 0 bridgehead atoms. The van der Waals surface area contributed by atoms with Gasteiger partial charge >= 0.3 is 5.97 Å². The first kappa shape index (κ1) is 20.5. The third-order valence-corrected chi connectivity index (χ3v) is 3.71. The highest BCUT2D eigenvalue weighted by atomic mass is 16.7. The number of carbonyl (C=O) groups excluding carboxylic acids is 1. The van der Waals surface area contributed by atoms with E-state index < -0.39 is 18.2 Å². The Hall–Kier alpha value is -1.77. The standard InChI is InChI=1S/C19H26O7/c1-3-23-18(20)10-9-16-19(26-13-21-2)17(25-14-24-16)12-22-11-15-7-5-4-6-8-15/h4-10,16-17,19H,3,11-14H2,1-2H3/b10-9+/t16-,17+,19+/m0/s1. The molecule has 7 nitrogen and oxygen atoms in total. The fraction of sp³-hybridized carbons (Fsp3) is 0.526. The zero-order chi connectivity index (χ0) is 18.6. The van der Waals surface area contributed by atoms with Gasteiger partial charge in [0.15, 0.2) is 0 Å². The highest BCUT2D eigenvalue weighted by Gasteiger charge is 2.35. The fourth-order valence-corrected chi connectivity index (χ4v) is 2.49. The molecule has 1 aromatic rings. The molecule has 1 saturated heterocycles. The van der Waals surface area contributed by atoms with Crippen molar-refractivity contribution in [3.8, 4) is 0 Å². The summed E-state index contributed by atoms with van der Waals surface area (Å²) >= 11 is 0. The number of ether oxygens (including phenoxy) is 6. The number of methoxy groups -OCH3 is 1. The first-order chi connectivity index (χ1) is 12.7. The molecule has 0 aromatic heterocycles. The molecule has 26 heavy (non-hydrogen) atoms. The SMILES string of the molecule is CCOC(=O)/C=C/[C@@H]1OCO[C@H](COCc2ccccc2)[C@@H]1OCOC. The van der Waals surface area contributed by atoms with Crippen LogP contribution < -0.4 is 0 Å². The molecule has 0 spiro atoms. The number of hydrogen-bond donors (Lipinski definition) is 0. The van der Waals surface area contributed by atoms with E-state index in [9.17, 15) is 4.79 Å². The van der Waals surface area contributed by atoms with Crippen LogP contribution in [0.1, 0.15) is 12.5 Å². The molecule has 3 atom stereocenters. The van der Waals surface area contributed by atoms with Crippen molar-refractivity contribution in [1.29, 1.82) is 0 Å². The topological polar surface area (TPSA) is 72.5 Å². The third-order valence-electron chi connectivity index (χ3n) is 3.71. The first-order valence-electron chi connectivity index (χ1n) is 8.55. The van der Waals surface area contributed by atoms with Crippen molar-refractivity contribution in [2.45, 2.75) is 31.8 Å². The van der Waals surface area contributed by atoms with Gasteiger partial charge in [-0.2, -0.15) is 0 Å². The molecule has 2 rings (SSSR count). The molecule has 0 radical (unpaired) electrons. The second-order valence-corrected chi connectivity index (χ2v) is 5.60. The van der Waals surface area contributed by atoms with E-state index in [-0.39, 0.29) is 19.7 Å². The van der Waals surface area contributed by atoms with Gasteiger partial charge in [-0.3, -0.25) is 0 Å². The van der Waals surface area contributed by atoms with Crippen molar-refractivity contribution in [3.63, 3.8) is 0 Å². The number of carbonyl (C=O) groups is 1. The second kappa shape index (κ2) is 11.8. The van der Waals surface area contributed by atoms with E-state index in [1.165, 1.54) is 13.2 Å². The van der Waals surface area contributed by atoms with E-state index in [1.54, 1.807) is 13.0 Å². The number of hydrogen-bond acceptors (Lipinski definition) is 7. The van der Waals surface area contributed by atoms with Crippen molar-refractivity contribution in [3.05, 3.63) is 48.0 Å². The molecule has 0 unspecified atom stereocenters. The molecule has 0 amide bonds. The lowest BCUT2D eigenvalue weighted by Crippen LogP contribution is -2.49. The van der Waals surface area contributed by atoms with Crippen molar-refractivity contribution < 1.29 is 33.2 Å². The van der Waals surface area contributed by atoms with Crippen LogP contribution in [0, 0.1) is 0 Å². The van der Waals surface area contributed by atoms with Crippen LogP contribution >= 0.6 is 0 Å². The molecule has 0 aliphatic carbocycles. The maximum atomic E-state index is 11.5. The molecule has 7 heteroatoms. The van der Waals surface area contributed by atoms with E-state index in [1.807, 2.05) is 30.3 Å². The van der Waals surface area contributed by atoms with Gasteiger partial charge in [0.1, 0.15) is 31.9 Å². The number of esters is 1. The number of rotatable bonds is 10. The zero-order valence-electron chi connectivity index (χ0n) is 15.2. The second-order valence-electron chi connectivity index (χ2n) is 5.60. The maximum Gasteiger partial charge on any atom is 0.330 e. The van der Waals surface area contributed by atoms with E-state index in [0.29, 0.717) is 19.8 Å². The third kappa shape index (κ3) is 6.86. The molecular formula is C19H26O7. The quantitative estimate of drug-likeness (QED) is 0.356. The van der Waals surface area contributed by atoms with Crippen LogP contribution in [-0.2, 0) is 39.8 Å². The van der Waals surface area contributed by atoms with Gasteiger partial charge in [0.25, 0.3) is 0 Å². The summed E-state index contributed by atoms with van der Waals surface area (Å²) in [6.07, 6.45) is 1.67.